The van der Waals surface area contributed by atoms with Gasteiger partial charge in [0.1, 0.15) is 5.82 Å². The van der Waals surface area contributed by atoms with Crippen LogP contribution in [0.15, 0.2) is 18.3 Å². The molecule has 1 amide bonds. The molecule has 2 aliphatic rings. The number of aliphatic hydroxyl groups is 1. The topological polar surface area (TPSA) is 81.6 Å². The number of aliphatic hydroxyl groups excluding tert-OH is 1. The summed E-state index contributed by atoms with van der Waals surface area (Å²) in [6, 6.07) is 4.21. The highest BCUT2D eigenvalue weighted by Crippen LogP contribution is 2.16. The van der Waals surface area contributed by atoms with Crippen molar-refractivity contribution in [1.82, 2.24) is 20.0 Å². The van der Waals surface area contributed by atoms with Crippen LogP contribution in [0.4, 0.5) is 5.82 Å². The molecular weight excluding hydrogens is 294 g/mol. The summed E-state index contributed by atoms with van der Waals surface area (Å²) >= 11 is 0. The SMILES string of the molecule is O=C1CCCN1CC(O)CN1CCC(Nc2cccnn2)CC1. The molecule has 3 heterocycles. The van der Waals surface area contributed by atoms with E-state index in [2.05, 4.69) is 20.4 Å². The standard InChI is InChI=1S/C16H25N5O2/c22-14(12-21-8-2-4-16(21)23)11-20-9-5-13(6-10-20)18-15-3-1-7-17-19-15/h1,3,7,13-14,22H,2,4-6,8-12H2,(H,18,19). The number of anilines is 1. The van der Waals surface area contributed by atoms with Crippen molar-refractivity contribution in [3.8, 4) is 0 Å². The van der Waals surface area contributed by atoms with E-state index < -0.39 is 6.10 Å². The number of nitrogens with zero attached hydrogens (tertiary/aromatic N) is 4. The van der Waals surface area contributed by atoms with Crippen LogP contribution in [0.2, 0.25) is 0 Å². The number of rotatable bonds is 6. The largest absolute Gasteiger partial charge is 0.390 e. The van der Waals surface area contributed by atoms with Gasteiger partial charge in [0.2, 0.25) is 5.91 Å². The molecular formula is C16H25N5O2. The monoisotopic (exact) mass is 319 g/mol. The molecule has 2 N–H and O–H groups in total. The van der Waals surface area contributed by atoms with Crippen LogP contribution in [0.5, 0.6) is 0 Å². The molecule has 0 radical (unpaired) electrons. The summed E-state index contributed by atoms with van der Waals surface area (Å²) in [6.07, 6.45) is 4.80. The van der Waals surface area contributed by atoms with E-state index >= 15 is 0 Å². The van der Waals surface area contributed by atoms with Gasteiger partial charge in [0.05, 0.1) is 6.10 Å². The normalized spacial score (nSPS) is 21.6. The van der Waals surface area contributed by atoms with Crippen molar-refractivity contribution in [3.63, 3.8) is 0 Å². The molecule has 3 rings (SSSR count). The average molecular weight is 319 g/mol. The number of hydrogen-bond acceptors (Lipinski definition) is 6. The second-order valence-corrected chi connectivity index (χ2v) is 6.43. The predicted molar refractivity (Wildman–Crippen MR) is 86.9 cm³/mol. The van der Waals surface area contributed by atoms with E-state index in [0.717, 1.165) is 44.7 Å². The number of aromatic nitrogens is 2. The summed E-state index contributed by atoms with van der Waals surface area (Å²) in [5.41, 5.74) is 0. The van der Waals surface area contributed by atoms with Crippen LogP contribution in [0.25, 0.3) is 0 Å². The van der Waals surface area contributed by atoms with Crippen molar-refractivity contribution in [1.29, 1.82) is 0 Å². The Kier molecular flexibility index (Phi) is 5.40. The number of amides is 1. The number of carbonyl (C=O) groups is 1. The zero-order valence-corrected chi connectivity index (χ0v) is 13.4. The molecule has 2 saturated heterocycles. The lowest BCUT2D eigenvalue weighted by atomic mass is 10.0. The fourth-order valence-corrected chi connectivity index (χ4v) is 3.35. The van der Waals surface area contributed by atoms with Gasteiger partial charge in [-0.15, -0.1) is 5.10 Å². The van der Waals surface area contributed by atoms with Gasteiger partial charge in [-0.3, -0.25) is 4.79 Å². The van der Waals surface area contributed by atoms with E-state index in [1.807, 2.05) is 12.1 Å². The maximum absolute atomic E-state index is 11.6. The molecule has 7 heteroatoms. The van der Waals surface area contributed by atoms with E-state index in [-0.39, 0.29) is 5.91 Å². The van der Waals surface area contributed by atoms with Crippen LogP contribution in [0, 0.1) is 0 Å². The third-order valence-corrected chi connectivity index (χ3v) is 4.58. The third-order valence-electron chi connectivity index (χ3n) is 4.58. The van der Waals surface area contributed by atoms with Gasteiger partial charge in [-0.05, 0) is 31.4 Å². The van der Waals surface area contributed by atoms with Crippen LogP contribution in [0.3, 0.4) is 0 Å². The second kappa shape index (κ2) is 7.70. The van der Waals surface area contributed by atoms with Crippen LogP contribution in [-0.2, 0) is 4.79 Å². The van der Waals surface area contributed by atoms with Crippen molar-refractivity contribution < 1.29 is 9.90 Å². The Morgan fingerprint density at radius 1 is 1.30 bits per heavy atom. The number of carbonyl (C=O) groups excluding carboxylic acids is 1. The van der Waals surface area contributed by atoms with Gasteiger partial charge < -0.3 is 20.2 Å². The second-order valence-electron chi connectivity index (χ2n) is 6.43. The average Bonchev–Trinajstić information content (AvgIpc) is 2.95. The molecule has 2 aliphatic heterocycles. The van der Waals surface area contributed by atoms with Crippen molar-refractivity contribution in [2.24, 2.45) is 0 Å². The maximum atomic E-state index is 11.6. The van der Waals surface area contributed by atoms with Gasteiger partial charge in [-0.25, -0.2) is 0 Å². The summed E-state index contributed by atoms with van der Waals surface area (Å²) in [5.74, 6) is 0.995. The smallest absolute Gasteiger partial charge is 0.222 e. The Bertz CT molecular complexity index is 504. The van der Waals surface area contributed by atoms with E-state index in [1.165, 1.54) is 0 Å². The first-order valence-corrected chi connectivity index (χ1v) is 8.43. The molecule has 1 atom stereocenters. The minimum absolute atomic E-state index is 0.177. The molecule has 1 aromatic rings. The molecule has 0 spiro atoms. The highest BCUT2D eigenvalue weighted by Gasteiger charge is 2.25. The Labute approximate surface area is 136 Å². The summed E-state index contributed by atoms with van der Waals surface area (Å²) < 4.78 is 0. The van der Waals surface area contributed by atoms with Crippen molar-refractivity contribution >= 4 is 11.7 Å². The van der Waals surface area contributed by atoms with E-state index in [4.69, 9.17) is 0 Å². The van der Waals surface area contributed by atoms with Gasteiger partial charge in [0.25, 0.3) is 0 Å². The Balaban J connectivity index is 1.38. The molecule has 2 fully saturated rings. The molecule has 126 valence electrons. The Morgan fingerprint density at radius 2 is 2.13 bits per heavy atom. The molecule has 0 aliphatic carbocycles. The predicted octanol–water partition coefficient (Wildman–Crippen LogP) is 0.336. The van der Waals surface area contributed by atoms with E-state index in [1.54, 1.807) is 11.1 Å². The van der Waals surface area contributed by atoms with Crippen molar-refractivity contribution in [2.75, 3.05) is 38.0 Å². The lowest BCUT2D eigenvalue weighted by Crippen LogP contribution is -2.45. The molecule has 23 heavy (non-hydrogen) atoms. The zero-order valence-electron chi connectivity index (χ0n) is 13.4. The van der Waals surface area contributed by atoms with E-state index in [9.17, 15) is 9.90 Å². The highest BCUT2D eigenvalue weighted by atomic mass is 16.3. The van der Waals surface area contributed by atoms with Crippen molar-refractivity contribution in [2.45, 2.75) is 37.8 Å². The quantitative estimate of drug-likeness (QED) is 0.787. The Hall–Kier alpha value is -1.73. The van der Waals surface area contributed by atoms with Gasteiger partial charge >= 0.3 is 0 Å². The van der Waals surface area contributed by atoms with Gasteiger partial charge in [-0.1, -0.05) is 0 Å². The summed E-state index contributed by atoms with van der Waals surface area (Å²) in [4.78, 5) is 15.7. The summed E-state index contributed by atoms with van der Waals surface area (Å²) in [6.45, 7) is 3.80. The first-order chi connectivity index (χ1) is 11.2. The Morgan fingerprint density at radius 3 is 2.78 bits per heavy atom. The third kappa shape index (κ3) is 4.62. The minimum Gasteiger partial charge on any atom is -0.390 e. The summed E-state index contributed by atoms with van der Waals surface area (Å²) in [7, 11) is 0. The number of β-amino-alcohol motifs (C(OH)–C–C–N with tert-alkyl or cyclic N) is 1. The molecule has 0 aromatic carbocycles. The molecule has 7 nitrogen and oxygen atoms in total. The summed E-state index contributed by atoms with van der Waals surface area (Å²) in [5, 5.41) is 21.5. The van der Waals surface area contributed by atoms with Gasteiger partial charge in [-0.2, -0.15) is 5.10 Å². The molecule has 0 saturated carbocycles. The van der Waals surface area contributed by atoms with Gasteiger partial charge in [0, 0.05) is 51.4 Å². The zero-order chi connectivity index (χ0) is 16.1. The van der Waals surface area contributed by atoms with Gasteiger partial charge in [0.15, 0.2) is 0 Å². The number of hydrogen-bond donors (Lipinski definition) is 2. The van der Waals surface area contributed by atoms with Crippen molar-refractivity contribution in [3.05, 3.63) is 18.3 Å². The molecule has 1 unspecified atom stereocenters. The number of nitrogens with one attached hydrogen (secondary N) is 1. The molecule has 1 aromatic heterocycles. The lowest BCUT2D eigenvalue weighted by molar-refractivity contribution is -0.129. The first kappa shape index (κ1) is 16.1. The van der Waals surface area contributed by atoms with Crippen LogP contribution in [-0.4, -0.2) is 75.9 Å². The number of piperidine rings is 1. The molecule has 0 bridgehead atoms. The first-order valence-electron chi connectivity index (χ1n) is 8.43. The van der Waals surface area contributed by atoms with Crippen LogP contribution < -0.4 is 5.32 Å². The lowest BCUT2D eigenvalue weighted by Gasteiger charge is -2.34. The minimum atomic E-state index is -0.457. The fraction of sp³-hybridized carbons (Fsp3) is 0.688. The van der Waals surface area contributed by atoms with E-state index in [0.29, 0.717) is 25.6 Å². The van der Waals surface area contributed by atoms with Crippen LogP contribution >= 0.6 is 0 Å². The number of likely N-dealkylation sites (tertiary alicyclic amines) is 2. The maximum Gasteiger partial charge on any atom is 0.222 e. The highest BCUT2D eigenvalue weighted by molar-refractivity contribution is 5.78. The fourth-order valence-electron chi connectivity index (χ4n) is 3.35. The van der Waals surface area contributed by atoms with Crippen LogP contribution in [0.1, 0.15) is 25.7 Å².